The van der Waals surface area contributed by atoms with E-state index >= 15 is 0 Å². The predicted octanol–water partition coefficient (Wildman–Crippen LogP) is 15.8. The van der Waals surface area contributed by atoms with Crippen molar-refractivity contribution >= 4 is 53.9 Å². The summed E-state index contributed by atoms with van der Waals surface area (Å²) in [7, 11) is 0. The highest BCUT2D eigenvalue weighted by atomic mass is 14.3. The minimum absolute atomic E-state index is 1.22. The topological polar surface area (TPSA) is 0 Å². The van der Waals surface area contributed by atoms with Crippen LogP contribution in [-0.4, -0.2) is 0 Å². The summed E-state index contributed by atoms with van der Waals surface area (Å²) >= 11 is 0. The Morgan fingerprint density at radius 3 is 1.00 bits per heavy atom. The number of hydrogen-bond acceptors (Lipinski definition) is 0. The van der Waals surface area contributed by atoms with Gasteiger partial charge in [-0.3, -0.25) is 0 Å². The van der Waals surface area contributed by atoms with E-state index in [1.165, 1.54) is 109 Å². The highest BCUT2D eigenvalue weighted by Gasteiger charge is 2.23. The number of fused-ring (bicyclic) bond motifs is 5. The minimum Gasteiger partial charge on any atom is -0.0622 e. The molecule has 0 fully saturated rings. The smallest absolute Gasteiger partial charge is 0.00139 e. The van der Waals surface area contributed by atoms with Crippen LogP contribution in [0.25, 0.3) is 109 Å². The molecule has 0 nitrogen and oxygen atoms in total. The van der Waals surface area contributed by atoms with Gasteiger partial charge in [0.15, 0.2) is 0 Å². The number of rotatable bonds is 5. The Balaban J connectivity index is 1.26. The second-order valence-corrected chi connectivity index (χ2v) is 14.7. The van der Waals surface area contributed by atoms with Crippen molar-refractivity contribution in [2.75, 3.05) is 0 Å². The van der Waals surface area contributed by atoms with Crippen LogP contribution in [0.4, 0.5) is 0 Å². The molecule has 0 bridgehead atoms. The molecule has 0 heteroatoms. The summed E-state index contributed by atoms with van der Waals surface area (Å²) in [6, 6.07) is 80.4. The minimum atomic E-state index is 1.22. The monoisotopic (exact) mass is 708 g/mol. The Kier molecular flexibility index (Phi) is 7.60. The lowest BCUT2D eigenvalue weighted by molar-refractivity contribution is 1.61. The summed E-state index contributed by atoms with van der Waals surface area (Å²) in [6.45, 7) is 0. The molecule has 0 spiro atoms. The van der Waals surface area contributed by atoms with Gasteiger partial charge in [0.2, 0.25) is 0 Å². The van der Waals surface area contributed by atoms with E-state index in [-0.39, 0.29) is 0 Å². The molecule has 0 atom stereocenters. The van der Waals surface area contributed by atoms with Crippen molar-refractivity contribution < 1.29 is 0 Å². The summed E-state index contributed by atoms with van der Waals surface area (Å²) in [5.74, 6) is 0. The predicted molar refractivity (Wildman–Crippen MR) is 241 cm³/mol. The van der Waals surface area contributed by atoms with Gasteiger partial charge in [-0.2, -0.15) is 0 Å². The zero-order chi connectivity index (χ0) is 37.0. The first-order valence-electron chi connectivity index (χ1n) is 19.4. The lowest BCUT2D eigenvalue weighted by Gasteiger charge is -2.23. The second-order valence-electron chi connectivity index (χ2n) is 14.7. The van der Waals surface area contributed by atoms with E-state index in [2.05, 4.69) is 218 Å². The molecule has 260 valence electrons. The molecule has 0 N–H and O–H groups in total. The van der Waals surface area contributed by atoms with Crippen LogP contribution in [0.5, 0.6) is 0 Å². The summed E-state index contributed by atoms with van der Waals surface area (Å²) in [5.41, 5.74) is 12.5. The van der Waals surface area contributed by atoms with E-state index < -0.39 is 0 Å². The lowest BCUT2D eigenvalue weighted by atomic mass is 9.80. The summed E-state index contributed by atoms with van der Waals surface area (Å²) in [5, 5.41) is 12.5. The van der Waals surface area contributed by atoms with E-state index in [0.29, 0.717) is 0 Å². The average Bonchev–Trinajstić information content (AvgIpc) is 3.28. The first-order valence-corrected chi connectivity index (χ1v) is 19.4. The van der Waals surface area contributed by atoms with E-state index in [0.717, 1.165) is 0 Å². The third-order valence-corrected chi connectivity index (χ3v) is 11.6. The van der Waals surface area contributed by atoms with Crippen molar-refractivity contribution in [2.24, 2.45) is 0 Å². The van der Waals surface area contributed by atoms with E-state index in [9.17, 15) is 0 Å². The standard InChI is InChI=1S/C56H36/c1-3-18-37(19-4-1)39-24-17-25-42(34-39)53-43-26-9-13-30-47(43)55(48-31-14-10-27-44(48)53)56-49-32-15-11-28-45(49)54(46-29-12-16-33-50(46)56)52-36-41-23-8-7-22-40(41)35-51(52)38-20-5-2-6-21-38/h1-36H. The van der Waals surface area contributed by atoms with Crippen LogP contribution in [0, 0.1) is 0 Å². The first kappa shape index (κ1) is 32.2. The Morgan fingerprint density at radius 2 is 0.518 bits per heavy atom. The Hall–Kier alpha value is -7.28. The van der Waals surface area contributed by atoms with Crippen LogP contribution in [0.1, 0.15) is 0 Å². The highest BCUT2D eigenvalue weighted by molar-refractivity contribution is 6.30. The van der Waals surface area contributed by atoms with Crippen LogP contribution in [0.2, 0.25) is 0 Å². The molecule has 0 aliphatic carbocycles. The van der Waals surface area contributed by atoms with Gasteiger partial charge >= 0.3 is 0 Å². The fourth-order valence-electron chi connectivity index (χ4n) is 9.19. The largest absolute Gasteiger partial charge is 0.0622 e. The third-order valence-electron chi connectivity index (χ3n) is 11.6. The fourth-order valence-corrected chi connectivity index (χ4v) is 9.19. The molecule has 0 aliphatic rings. The molecule has 11 aromatic rings. The quantitative estimate of drug-likeness (QED) is 0.156. The first-order chi connectivity index (χ1) is 27.8. The van der Waals surface area contributed by atoms with Crippen molar-refractivity contribution in [3.05, 3.63) is 218 Å². The Morgan fingerprint density at radius 1 is 0.179 bits per heavy atom. The van der Waals surface area contributed by atoms with Gasteiger partial charge in [0.1, 0.15) is 0 Å². The molecule has 0 aromatic heterocycles. The van der Waals surface area contributed by atoms with Gasteiger partial charge in [0.05, 0.1) is 0 Å². The van der Waals surface area contributed by atoms with Crippen molar-refractivity contribution in [3.63, 3.8) is 0 Å². The number of benzene rings is 11. The zero-order valence-electron chi connectivity index (χ0n) is 30.8. The normalized spacial score (nSPS) is 11.6. The zero-order valence-corrected chi connectivity index (χ0v) is 30.8. The van der Waals surface area contributed by atoms with Crippen LogP contribution >= 0.6 is 0 Å². The van der Waals surface area contributed by atoms with Gasteiger partial charge in [-0.1, -0.05) is 200 Å². The molecule has 11 rings (SSSR count). The van der Waals surface area contributed by atoms with Crippen LogP contribution < -0.4 is 0 Å². The fraction of sp³-hybridized carbons (Fsp3) is 0. The Bertz CT molecular complexity index is 3170. The van der Waals surface area contributed by atoms with E-state index in [1.54, 1.807) is 0 Å². The van der Waals surface area contributed by atoms with E-state index in [1.807, 2.05) is 0 Å². The molecule has 0 amide bonds. The number of hydrogen-bond donors (Lipinski definition) is 0. The van der Waals surface area contributed by atoms with Gasteiger partial charge in [0.25, 0.3) is 0 Å². The molecular formula is C56H36. The van der Waals surface area contributed by atoms with Crippen molar-refractivity contribution in [1.82, 2.24) is 0 Å². The summed E-state index contributed by atoms with van der Waals surface area (Å²) < 4.78 is 0. The summed E-state index contributed by atoms with van der Waals surface area (Å²) in [4.78, 5) is 0. The van der Waals surface area contributed by atoms with Crippen LogP contribution in [0.15, 0.2) is 218 Å². The van der Waals surface area contributed by atoms with E-state index in [4.69, 9.17) is 0 Å². The third kappa shape index (κ3) is 5.15. The molecule has 0 aliphatic heterocycles. The Labute approximate surface area is 326 Å². The van der Waals surface area contributed by atoms with Crippen molar-refractivity contribution in [2.45, 2.75) is 0 Å². The average molecular weight is 709 g/mol. The van der Waals surface area contributed by atoms with Gasteiger partial charge in [-0.05, 0) is 128 Å². The maximum Gasteiger partial charge on any atom is -0.00139 e. The molecule has 0 heterocycles. The van der Waals surface area contributed by atoms with Gasteiger partial charge in [-0.15, -0.1) is 0 Å². The van der Waals surface area contributed by atoms with Gasteiger partial charge in [0, 0.05) is 0 Å². The molecule has 0 saturated carbocycles. The highest BCUT2D eigenvalue weighted by Crippen LogP contribution is 2.51. The van der Waals surface area contributed by atoms with Crippen LogP contribution in [0.3, 0.4) is 0 Å². The van der Waals surface area contributed by atoms with Crippen LogP contribution in [-0.2, 0) is 0 Å². The summed E-state index contributed by atoms with van der Waals surface area (Å²) in [6.07, 6.45) is 0. The molecule has 11 aromatic carbocycles. The lowest BCUT2D eigenvalue weighted by Crippen LogP contribution is -1.95. The second kappa shape index (κ2) is 13.2. The van der Waals surface area contributed by atoms with Crippen molar-refractivity contribution in [3.8, 4) is 55.6 Å². The maximum atomic E-state index is 2.41. The van der Waals surface area contributed by atoms with Gasteiger partial charge < -0.3 is 0 Å². The molecule has 0 radical (unpaired) electrons. The molecular weight excluding hydrogens is 673 g/mol. The molecule has 56 heavy (non-hydrogen) atoms. The SMILES string of the molecule is c1ccc(-c2cccc(-c3c4ccccc4c(-c4c5ccccc5c(-c5cc6ccccc6cc5-c5ccccc5)c5ccccc45)c4ccccc34)c2)cc1. The van der Waals surface area contributed by atoms with Crippen molar-refractivity contribution in [1.29, 1.82) is 0 Å². The maximum absolute atomic E-state index is 2.41. The van der Waals surface area contributed by atoms with Gasteiger partial charge in [-0.25, -0.2) is 0 Å². The molecule has 0 saturated heterocycles. The molecule has 0 unspecified atom stereocenters.